The van der Waals surface area contributed by atoms with Gasteiger partial charge in [-0.25, -0.2) is 4.98 Å². The van der Waals surface area contributed by atoms with Gasteiger partial charge >= 0.3 is 0 Å². The molecule has 0 saturated heterocycles. The highest BCUT2D eigenvalue weighted by Gasteiger charge is 2.14. The first-order valence-corrected chi connectivity index (χ1v) is 11.8. The molecule has 5 nitrogen and oxygen atoms in total. The number of halogens is 1. The smallest absolute Gasteiger partial charge is 0.170 e. The molecule has 4 rings (SSSR count). The fourth-order valence-corrected chi connectivity index (χ4v) is 4.49. The van der Waals surface area contributed by atoms with Crippen LogP contribution in [0.3, 0.4) is 0 Å². The number of aromatic nitrogens is 2. The van der Waals surface area contributed by atoms with Crippen molar-refractivity contribution in [1.82, 2.24) is 9.55 Å². The summed E-state index contributed by atoms with van der Waals surface area (Å²) in [5.41, 5.74) is 3.10. The van der Waals surface area contributed by atoms with Gasteiger partial charge in [-0.15, -0.1) is 0 Å². The molecule has 3 aromatic carbocycles. The van der Waals surface area contributed by atoms with Crippen LogP contribution in [0.5, 0.6) is 11.5 Å². The molecule has 0 atom stereocenters. The largest absolute Gasteiger partial charge is 0.493 e. The van der Waals surface area contributed by atoms with Crippen LogP contribution in [0, 0.1) is 5.41 Å². The molecule has 0 aliphatic rings. The Morgan fingerprint density at radius 3 is 2.42 bits per heavy atom. The quantitative estimate of drug-likeness (QED) is 0.248. The van der Waals surface area contributed by atoms with Crippen molar-refractivity contribution in [3.63, 3.8) is 0 Å². The minimum Gasteiger partial charge on any atom is -0.493 e. The van der Waals surface area contributed by atoms with E-state index in [1.807, 2.05) is 53.1 Å². The summed E-state index contributed by atoms with van der Waals surface area (Å²) >= 11 is 8.00. The van der Waals surface area contributed by atoms with Crippen molar-refractivity contribution in [3.8, 4) is 11.5 Å². The second-order valence-corrected chi connectivity index (χ2v) is 8.66. The van der Waals surface area contributed by atoms with E-state index in [0.717, 1.165) is 16.3 Å². The molecule has 0 spiro atoms. The molecule has 0 aliphatic carbocycles. The first-order valence-electron chi connectivity index (χ1n) is 10.4. The average Bonchev–Trinajstić information content (AvgIpc) is 2.85. The molecule has 0 unspecified atom stereocenters. The topological polar surface area (TPSA) is 60.1 Å². The molecule has 0 bridgehead atoms. The highest BCUT2D eigenvalue weighted by atomic mass is 35.5. The summed E-state index contributed by atoms with van der Waals surface area (Å²) in [6.45, 7) is 0.445. The van der Waals surface area contributed by atoms with Gasteiger partial charge in [-0.2, -0.15) is 0 Å². The minimum absolute atomic E-state index is 0.343. The van der Waals surface area contributed by atoms with Gasteiger partial charge in [0.2, 0.25) is 0 Å². The van der Waals surface area contributed by atoms with Gasteiger partial charge in [0.05, 0.1) is 26.3 Å². The molecule has 33 heavy (non-hydrogen) atoms. The van der Waals surface area contributed by atoms with Crippen LogP contribution < -0.4 is 15.0 Å². The monoisotopic (exact) mass is 477 g/mol. The number of thioether (sulfide) groups is 1. The molecule has 0 radical (unpaired) electrons. The predicted molar refractivity (Wildman–Crippen MR) is 135 cm³/mol. The van der Waals surface area contributed by atoms with Crippen molar-refractivity contribution in [2.75, 3.05) is 20.0 Å². The second kappa shape index (κ2) is 10.6. The lowest BCUT2D eigenvalue weighted by Gasteiger charge is -2.16. The summed E-state index contributed by atoms with van der Waals surface area (Å²) in [5, 5.41) is 11.0. The summed E-state index contributed by atoms with van der Waals surface area (Å²) in [6.07, 6.45) is 4.19. The maximum atomic E-state index is 8.97. The summed E-state index contributed by atoms with van der Waals surface area (Å²) in [6, 6.07) is 21.5. The van der Waals surface area contributed by atoms with Gasteiger partial charge in [0.25, 0.3) is 0 Å². The van der Waals surface area contributed by atoms with Crippen molar-refractivity contribution in [1.29, 1.82) is 5.41 Å². The van der Waals surface area contributed by atoms with Crippen LogP contribution in [0.15, 0.2) is 78.0 Å². The van der Waals surface area contributed by atoms with E-state index in [0.29, 0.717) is 45.2 Å². The normalized spacial score (nSPS) is 11.2. The van der Waals surface area contributed by atoms with Crippen LogP contribution in [0.25, 0.3) is 17.0 Å². The Morgan fingerprint density at radius 2 is 1.70 bits per heavy atom. The van der Waals surface area contributed by atoms with Crippen LogP contribution >= 0.6 is 23.4 Å². The minimum atomic E-state index is 0.343. The van der Waals surface area contributed by atoms with Crippen molar-refractivity contribution in [2.45, 2.75) is 11.7 Å². The zero-order chi connectivity index (χ0) is 23.2. The SMILES string of the molecule is COc1cc2nc(SCC=Cc3ccccc3)n(Cc3ccccc3Cl)c(=N)c2cc1OC. The standard InChI is InChI=1S/C26H24ClN3O2S/c1-31-23-15-20-22(16-24(23)32-2)29-26(33-14-8-11-18-9-4-3-5-10-18)30(25(20)28)17-19-12-6-7-13-21(19)27/h3-13,15-16,28H,14,17H2,1-2H3. The Bertz CT molecular complexity index is 1350. The fraction of sp³-hybridized carbons (Fsp3) is 0.154. The maximum absolute atomic E-state index is 8.97. The molecular weight excluding hydrogens is 454 g/mol. The summed E-state index contributed by atoms with van der Waals surface area (Å²) in [5.74, 6) is 1.86. The molecule has 7 heteroatoms. The molecule has 1 N–H and O–H groups in total. The number of hydrogen-bond donors (Lipinski definition) is 1. The van der Waals surface area contributed by atoms with Gasteiger partial charge in [-0.3, -0.25) is 5.41 Å². The summed E-state index contributed by atoms with van der Waals surface area (Å²) in [7, 11) is 3.18. The first-order chi connectivity index (χ1) is 16.1. The number of fused-ring (bicyclic) bond motifs is 1. The number of nitrogens with zero attached hydrogens (tertiary/aromatic N) is 2. The third kappa shape index (κ3) is 5.24. The number of methoxy groups -OCH3 is 2. The van der Waals surface area contributed by atoms with E-state index in [1.54, 1.807) is 32.0 Å². The highest BCUT2D eigenvalue weighted by Crippen LogP contribution is 2.31. The molecule has 4 aromatic rings. The predicted octanol–water partition coefficient (Wildman–Crippen LogP) is 6.04. The van der Waals surface area contributed by atoms with Gasteiger partial charge < -0.3 is 14.0 Å². The Kier molecular flexibility index (Phi) is 7.37. The van der Waals surface area contributed by atoms with Crippen molar-refractivity contribution < 1.29 is 9.47 Å². The van der Waals surface area contributed by atoms with Crippen LogP contribution in [0.2, 0.25) is 5.02 Å². The fourth-order valence-electron chi connectivity index (χ4n) is 3.48. The lowest BCUT2D eigenvalue weighted by molar-refractivity contribution is 0.355. The van der Waals surface area contributed by atoms with Crippen LogP contribution in [-0.2, 0) is 6.54 Å². The van der Waals surface area contributed by atoms with E-state index in [2.05, 4.69) is 24.3 Å². The van der Waals surface area contributed by atoms with Crippen LogP contribution in [0.4, 0.5) is 0 Å². The highest BCUT2D eigenvalue weighted by molar-refractivity contribution is 7.99. The van der Waals surface area contributed by atoms with E-state index >= 15 is 0 Å². The summed E-state index contributed by atoms with van der Waals surface area (Å²) in [4.78, 5) is 4.88. The Balaban J connectivity index is 1.75. The van der Waals surface area contributed by atoms with E-state index in [4.69, 9.17) is 31.5 Å². The number of rotatable bonds is 8. The third-order valence-electron chi connectivity index (χ3n) is 5.18. The van der Waals surface area contributed by atoms with Gasteiger partial charge in [0.15, 0.2) is 16.7 Å². The lowest BCUT2D eigenvalue weighted by Crippen LogP contribution is -2.24. The van der Waals surface area contributed by atoms with E-state index in [-0.39, 0.29) is 0 Å². The van der Waals surface area contributed by atoms with Crippen molar-refractivity contribution in [3.05, 3.63) is 94.4 Å². The van der Waals surface area contributed by atoms with Gasteiger partial charge in [-0.1, -0.05) is 84.0 Å². The molecule has 0 fully saturated rings. The Hall–Kier alpha value is -3.22. The zero-order valence-electron chi connectivity index (χ0n) is 18.4. The van der Waals surface area contributed by atoms with Gasteiger partial charge in [0, 0.05) is 22.2 Å². The van der Waals surface area contributed by atoms with Crippen LogP contribution in [-0.4, -0.2) is 29.5 Å². The van der Waals surface area contributed by atoms with E-state index in [9.17, 15) is 0 Å². The molecule has 0 aliphatic heterocycles. The zero-order valence-corrected chi connectivity index (χ0v) is 20.0. The van der Waals surface area contributed by atoms with E-state index in [1.165, 1.54) is 0 Å². The number of ether oxygens (including phenoxy) is 2. The van der Waals surface area contributed by atoms with Crippen molar-refractivity contribution >= 4 is 40.3 Å². The molecule has 1 heterocycles. The lowest BCUT2D eigenvalue weighted by atomic mass is 10.2. The maximum Gasteiger partial charge on any atom is 0.170 e. The van der Waals surface area contributed by atoms with Gasteiger partial charge in [-0.05, 0) is 23.3 Å². The number of hydrogen-bond acceptors (Lipinski definition) is 5. The van der Waals surface area contributed by atoms with E-state index < -0.39 is 0 Å². The molecule has 0 amide bonds. The Morgan fingerprint density at radius 1 is 1.00 bits per heavy atom. The number of benzene rings is 3. The average molecular weight is 478 g/mol. The molecule has 1 aromatic heterocycles. The van der Waals surface area contributed by atoms with Crippen LogP contribution in [0.1, 0.15) is 11.1 Å². The second-order valence-electron chi connectivity index (χ2n) is 7.27. The van der Waals surface area contributed by atoms with Crippen molar-refractivity contribution in [2.24, 2.45) is 0 Å². The first kappa shape index (κ1) is 23.0. The van der Waals surface area contributed by atoms with Gasteiger partial charge in [0.1, 0.15) is 5.49 Å². The molecule has 0 saturated carbocycles. The number of nitrogens with one attached hydrogen (secondary N) is 1. The molecular formula is C26H24ClN3O2S. The molecule has 168 valence electrons. The summed E-state index contributed by atoms with van der Waals surface area (Å²) < 4.78 is 12.8. The Labute approximate surface area is 202 Å². The third-order valence-corrected chi connectivity index (χ3v) is 6.48.